The predicted octanol–water partition coefficient (Wildman–Crippen LogP) is 2.26. The molecule has 1 saturated heterocycles. The van der Waals surface area contributed by atoms with Crippen LogP contribution in [0, 0.1) is 6.92 Å². The number of benzene rings is 2. The summed E-state index contributed by atoms with van der Waals surface area (Å²) in [6, 6.07) is 10.7. The van der Waals surface area contributed by atoms with E-state index in [1.54, 1.807) is 38.1 Å². The number of hydrogen-bond donors (Lipinski definition) is 1. The van der Waals surface area contributed by atoms with Gasteiger partial charge in [0.15, 0.2) is 0 Å². The van der Waals surface area contributed by atoms with Crippen LogP contribution in [0.25, 0.3) is 0 Å². The van der Waals surface area contributed by atoms with E-state index in [4.69, 9.17) is 4.74 Å². The average molecular weight is 425 g/mol. The molecular weight excluding hydrogens is 404 g/mol. The second kappa shape index (κ2) is 7.44. The lowest BCUT2D eigenvalue weighted by Crippen LogP contribution is -2.29. The SMILES string of the molecule is CCOc1ccc(N2C(=O)CCS2(=O)=O)cc1S(=O)(=O)Nc1ccccc1C. The molecule has 0 aromatic heterocycles. The molecule has 10 heteroatoms. The molecule has 0 spiro atoms. The summed E-state index contributed by atoms with van der Waals surface area (Å²) in [5, 5.41) is 0. The number of amides is 1. The number of ether oxygens (including phenoxy) is 1. The maximum Gasteiger partial charge on any atom is 0.265 e. The molecular formula is C18H20N2O6S2. The molecule has 1 aliphatic rings. The number of anilines is 2. The minimum atomic E-state index is -4.10. The number of aryl methyl sites for hydroxylation is 1. The molecule has 8 nitrogen and oxygen atoms in total. The molecule has 1 heterocycles. The van der Waals surface area contributed by atoms with Gasteiger partial charge in [-0.15, -0.1) is 0 Å². The Labute approximate surface area is 164 Å². The van der Waals surface area contributed by atoms with E-state index in [1.165, 1.54) is 12.1 Å². The van der Waals surface area contributed by atoms with Crippen molar-refractivity contribution in [2.24, 2.45) is 0 Å². The standard InChI is InChI=1S/C18H20N2O6S2/c1-3-26-16-9-8-14(20-18(21)10-11-27(20,22)23)12-17(16)28(24,25)19-15-7-5-4-6-13(15)2/h4-9,12,19H,3,10-11H2,1-2H3. The number of sulfonamides is 2. The molecule has 2 aromatic carbocycles. The van der Waals surface area contributed by atoms with Crippen LogP contribution < -0.4 is 13.8 Å². The van der Waals surface area contributed by atoms with Crippen molar-refractivity contribution < 1.29 is 26.4 Å². The Bertz CT molecular complexity index is 1130. The number of nitrogens with zero attached hydrogens (tertiary/aromatic N) is 1. The molecule has 1 amide bonds. The van der Waals surface area contributed by atoms with E-state index in [-0.39, 0.29) is 35.1 Å². The van der Waals surface area contributed by atoms with Gasteiger partial charge in [0.1, 0.15) is 10.6 Å². The van der Waals surface area contributed by atoms with Crippen LogP contribution >= 0.6 is 0 Å². The van der Waals surface area contributed by atoms with Crippen LogP contribution in [-0.4, -0.2) is 35.1 Å². The monoisotopic (exact) mass is 424 g/mol. The van der Waals surface area contributed by atoms with E-state index >= 15 is 0 Å². The first kappa shape index (κ1) is 20.2. The van der Waals surface area contributed by atoms with E-state index in [0.29, 0.717) is 9.99 Å². The van der Waals surface area contributed by atoms with Gasteiger partial charge in [-0.25, -0.2) is 21.1 Å². The second-order valence-electron chi connectivity index (χ2n) is 6.21. The Hall–Kier alpha value is -2.59. The first-order valence-corrected chi connectivity index (χ1v) is 11.7. The van der Waals surface area contributed by atoms with Crippen molar-refractivity contribution in [2.75, 3.05) is 21.4 Å². The normalized spacial score (nSPS) is 16.2. The molecule has 2 aromatic rings. The number of nitrogens with one attached hydrogen (secondary N) is 1. The molecule has 0 atom stereocenters. The third-order valence-corrected chi connectivity index (χ3v) is 7.30. The number of para-hydroxylation sites is 1. The smallest absolute Gasteiger partial charge is 0.265 e. The molecule has 0 bridgehead atoms. The molecule has 0 saturated carbocycles. The van der Waals surface area contributed by atoms with Crippen molar-refractivity contribution in [3.63, 3.8) is 0 Å². The highest BCUT2D eigenvalue weighted by Crippen LogP contribution is 2.34. The highest BCUT2D eigenvalue weighted by atomic mass is 32.2. The van der Waals surface area contributed by atoms with Gasteiger partial charge in [-0.2, -0.15) is 0 Å². The van der Waals surface area contributed by atoms with Crippen molar-refractivity contribution in [3.05, 3.63) is 48.0 Å². The quantitative estimate of drug-likeness (QED) is 0.762. The molecule has 0 unspecified atom stereocenters. The van der Waals surface area contributed by atoms with Crippen LogP contribution in [0.15, 0.2) is 47.4 Å². The zero-order valence-electron chi connectivity index (χ0n) is 15.4. The first-order chi connectivity index (χ1) is 13.2. The van der Waals surface area contributed by atoms with Crippen molar-refractivity contribution in [3.8, 4) is 5.75 Å². The molecule has 1 N–H and O–H groups in total. The lowest BCUT2D eigenvalue weighted by molar-refractivity contribution is -0.116. The van der Waals surface area contributed by atoms with Crippen LogP contribution in [0.5, 0.6) is 5.75 Å². The topological polar surface area (TPSA) is 110 Å². The Balaban J connectivity index is 2.10. The second-order valence-corrected chi connectivity index (χ2v) is 9.80. The van der Waals surface area contributed by atoms with Gasteiger partial charge in [-0.05, 0) is 43.7 Å². The lowest BCUT2D eigenvalue weighted by atomic mass is 10.2. The molecule has 0 radical (unpaired) electrons. The maximum atomic E-state index is 13.0. The number of rotatable bonds is 6. The highest BCUT2D eigenvalue weighted by Gasteiger charge is 2.37. The van der Waals surface area contributed by atoms with E-state index in [9.17, 15) is 21.6 Å². The lowest BCUT2D eigenvalue weighted by Gasteiger charge is -2.19. The first-order valence-electron chi connectivity index (χ1n) is 8.57. The van der Waals surface area contributed by atoms with Crippen LogP contribution in [0.2, 0.25) is 0 Å². The van der Waals surface area contributed by atoms with Gasteiger partial charge in [-0.3, -0.25) is 9.52 Å². The zero-order valence-corrected chi connectivity index (χ0v) is 17.0. The molecule has 1 fully saturated rings. The van der Waals surface area contributed by atoms with E-state index in [2.05, 4.69) is 4.72 Å². The summed E-state index contributed by atoms with van der Waals surface area (Å²) in [6.07, 6.45) is -0.140. The summed E-state index contributed by atoms with van der Waals surface area (Å²) >= 11 is 0. The van der Waals surface area contributed by atoms with Gasteiger partial charge in [-0.1, -0.05) is 18.2 Å². The molecule has 1 aliphatic heterocycles. The molecule has 3 rings (SSSR count). The third kappa shape index (κ3) is 3.83. The zero-order chi connectivity index (χ0) is 20.5. The Kier molecular flexibility index (Phi) is 5.35. The van der Waals surface area contributed by atoms with Gasteiger partial charge < -0.3 is 4.74 Å². The van der Waals surface area contributed by atoms with Crippen LogP contribution in [0.4, 0.5) is 11.4 Å². The number of hydrogen-bond acceptors (Lipinski definition) is 6. The van der Waals surface area contributed by atoms with Crippen LogP contribution in [-0.2, 0) is 24.8 Å². The Morgan fingerprint density at radius 3 is 2.50 bits per heavy atom. The fourth-order valence-corrected chi connectivity index (χ4v) is 5.61. The summed E-state index contributed by atoms with van der Waals surface area (Å²) in [5.74, 6) is -0.835. The molecule has 0 aliphatic carbocycles. The van der Waals surface area contributed by atoms with Gasteiger partial charge >= 0.3 is 0 Å². The van der Waals surface area contributed by atoms with E-state index in [1.807, 2.05) is 0 Å². The highest BCUT2D eigenvalue weighted by molar-refractivity contribution is 7.94. The van der Waals surface area contributed by atoms with Crippen LogP contribution in [0.3, 0.4) is 0 Å². The summed E-state index contributed by atoms with van der Waals surface area (Å²) in [7, 11) is -7.92. The maximum absolute atomic E-state index is 13.0. The van der Waals surface area contributed by atoms with Gasteiger partial charge in [0.05, 0.1) is 23.7 Å². The summed E-state index contributed by atoms with van der Waals surface area (Å²) in [5.41, 5.74) is 1.08. The largest absolute Gasteiger partial charge is 0.492 e. The number of carbonyl (C=O) groups is 1. The van der Waals surface area contributed by atoms with Gasteiger partial charge in [0, 0.05) is 6.42 Å². The van der Waals surface area contributed by atoms with Crippen molar-refractivity contribution in [1.82, 2.24) is 0 Å². The fraction of sp³-hybridized carbons (Fsp3) is 0.278. The molecule has 28 heavy (non-hydrogen) atoms. The number of carbonyl (C=O) groups excluding carboxylic acids is 1. The minimum Gasteiger partial charge on any atom is -0.492 e. The summed E-state index contributed by atoms with van der Waals surface area (Å²) < 4.78 is 59.0. The molecule has 150 valence electrons. The van der Waals surface area contributed by atoms with E-state index < -0.39 is 26.0 Å². The Morgan fingerprint density at radius 2 is 1.89 bits per heavy atom. The predicted molar refractivity (Wildman–Crippen MR) is 105 cm³/mol. The summed E-state index contributed by atoms with van der Waals surface area (Å²) in [4.78, 5) is 11.8. The van der Waals surface area contributed by atoms with Crippen molar-refractivity contribution in [2.45, 2.75) is 25.2 Å². The van der Waals surface area contributed by atoms with E-state index in [0.717, 1.165) is 11.6 Å². The fourth-order valence-electron chi connectivity index (χ4n) is 2.86. The van der Waals surface area contributed by atoms with Gasteiger partial charge in [0.2, 0.25) is 15.9 Å². The van der Waals surface area contributed by atoms with Crippen molar-refractivity contribution >= 4 is 37.3 Å². The summed E-state index contributed by atoms with van der Waals surface area (Å²) in [6.45, 7) is 3.67. The van der Waals surface area contributed by atoms with Gasteiger partial charge in [0.25, 0.3) is 10.0 Å². The Morgan fingerprint density at radius 1 is 1.18 bits per heavy atom. The minimum absolute atomic E-state index is 0.0314. The van der Waals surface area contributed by atoms with Crippen LogP contribution in [0.1, 0.15) is 18.9 Å². The van der Waals surface area contributed by atoms with Crippen molar-refractivity contribution in [1.29, 1.82) is 0 Å². The third-order valence-electron chi connectivity index (χ3n) is 4.22. The average Bonchev–Trinajstić information content (AvgIpc) is 2.90.